The van der Waals surface area contributed by atoms with Gasteiger partial charge < -0.3 is 15.6 Å². The summed E-state index contributed by atoms with van der Waals surface area (Å²) in [6, 6.07) is 5.75. The van der Waals surface area contributed by atoms with Gasteiger partial charge >= 0.3 is 0 Å². The fourth-order valence-corrected chi connectivity index (χ4v) is 1.56. The van der Waals surface area contributed by atoms with Crippen LogP contribution in [0.2, 0.25) is 0 Å². The lowest BCUT2D eigenvalue weighted by Gasteiger charge is -2.23. The smallest absolute Gasteiger partial charge is 0.124 e. The molecule has 1 aromatic carbocycles. The maximum absolute atomic E-state index is 8.92. The van der Waals surface area contributed by atoms with E-state index in [9.17, 15) is 0 Å². The minimum atomic E-state index is 0.0475. The van der Waals surface area contributed by atoms with Gasteiger partial charge in [-0.05, 0) is 11.6 Å². The van der Waals surface area contributed by atoms with E-state index < -0.39 is 0 Å². The summed E-state index contributed by atoms with van der Waals surface area (Å²) in [7, 11) is 0. The molecule has 1 aromatic rings. The maximum Gasteiger partial charge on any atom is 0.124 e. The summed E-state index contributed by atoms with van der Waals surface area (Å²) in [5.41, 5.74) is 7.81. The molecule has 13 heavy (non-hydrogen) atoms. The zero-order valence-corrected chi connectivity index (χ0v) is 7.36. The second-order valence-electron chi connectivity index (χ2n) is 3.27. The minimum absolute atomic E-state index is 0.0475. The van der Waals surface area contributed by atoms with E-state index in [0.717, 1.165) is 23.3 Å². The van der Waals surface area contributed by atoms with Crippen molar-refractivity contribution in [1.29, 1.82) is 0 Å². The molecule has 70 valence electrons. The lowest BCUT2D eigenvalue weighted by molar-refractivity contribution is 0.262. The molecule has 1 heterocycles. The summed E-state index contributed by atoms with van der Waals surface area (Å²) >= 11 is 0. The van der Waals surface area contributed by atoms with Crippen LogP contribution in [0.5, 0.6) is 5.75 Å². The van der Waals surface area contributed by atoms with E-state index in [-0.39, 0.29) is 12.6 Å². The normalized spacial score (nSPS) is 20.6. The monoisotopic (exact) mass is 179 g/mol. The molecule has 0 spiro atoms. The average Bonchev–Trinajstić information content (AvgIpc) is 2.18. The highest BCUT2D eigenvalue weighted by atomic mass is 16.5. The molecule has 1 unspecified atom stereocenters. The van der Waals surface area contributed by atoms with Gasteiger partial charge in [0.1, 0.15) is 5.75 Å². The number of benzene rings is 1. The van der Waals surface area contributed by atoms with Crippen molar-refractivity contribution < 1.29 is 9.84 Å². The zero-order valence-electron chi connectivity index (χ0n) is 7.36. The van der Waals surface area contributed by atoms with Crippen molar-refractivity contribution in [2.24, 2.45) is 5.73 Å². The Kier molecular flexibility index (Phi) is 2.20. The summed E-state index contributed by atoms with van der Waals surface area (Å²) in [6.07, 6.45) is 0.867. The Labute approximate surface area is 77.1 Å². The van der Waals surface area contributed by atoms with E-state index in [1.807, 2.05) is 18.2 Å². The number of hydrogen-bond donors (Lipinski definition) is 2. The molecule has 0 radical (unpaired) electrons. The Morgan fingerprint density at radius 2 is 2.38 bits per heavy atom. The van der Waals surface area contributed by atoms with Gasteiger partial charge in [-0.1, -0.05) is 12.1 Å². The van der Waals surface area contributed by atoms with Crippen molar-refractivity contribution in [3.8, 4) is 5.75 Å². The molecule has 0 aliphatic carbocycles. The highest BCUT2D eigenvalue weighted by Crippen LogP contribution is 2.31. The maximum atomic E-state index is 8.92. The fraction of sp³-hybridized carbons (Fsp3) is 0.400. The number of aliphatic hydroxyl groups is 1. The summed E-state index contributed by atoms with van der Waals surface area (Å²) in [5, 5.41) is 8.92. The summed E-state index contributed by atoms with van der Waals surface area (Å²) < 4.78 is 5.45. The van der Waals surface area contributed by atoms with Crippen molar-refractivity contribution in [3.05, 3.63) is 29.3 Å². The Balaban J connectivity index is 2.39. The lowest BCUT2D eigenvalue weighted by atomic mass is 10.00. The number of fused-ring (bicyclic) bond motifs is 1. The van der Waals surface area contributed by atoms with Gasteiger partial charge in [0.2, 0.25) is 0 Å². The number of rotatable bonds is 1. The van der Waals surface area contributed by atoms with Crippen LogP contribution in [0.3, 0.4) is 0 Å². The molecule has 1 atom stereocenters. The first-order chi connectivity index (χ1) is 6.31. The predicted molar refractivity (Wildman–Crippen MR) is 49.4 cm³/mol. The van der Waals surface area contributed by atoms with Crippen LogP contribution in [0.15, 0.2) is 18.2 Å². The van der Waals surface area contributed by atoms with Crippen LogP contribution < -0.4 is 10.5 Å². The summed E-state index contributed by atoms with van der Waals surface area (Å²) in [6.45, 7) is 0.717. The van der Waals surface area contributed by atoms with E-state index in [2.05, 4.69) is 0 Å². The van der Waals surface area contributed by atoms with E-state index >= 15 is 0 Å². The van der Waals surface area contributed by atoms with Crippen molar-refractivity contribution in [3.63, 3.8) is 0 Å². The SMILES string of the molecule is NC1CCOc2cc(CO)ccc21. The van der Waals surface area contributed by atoms with Crippen molar-refractivity contribution in [2.45, 2.75) is 19.1 Å². The number of hydrogen-bond acceptors (Lipinski definition) is 3. The summed E-state index contributed by atoms with van der Waals surface area (Å²) in [5.74, 6) is 0.824. The number of aliphatic hydroxyl groups excluding tert-OH is 1. The van der Waals surface area contributed by atoms with Gasteiger partial charge in [0.15, 0.2) is 0 Å². The Morgan fingerprint density at radius 1 is 1.54 bits per heavy atom. The molecule has 3 heteroatoms. The average molecular weight is 179 g/mol. The lowest BCUT2D eigenvalue weighted by Crippen LogP contribution is -2.20. The molecule has 0 fully saturated rings. The molecular formula is C10H13NO2. The second-order valence-corrected chi connectivity index (χ2v) is 3.27. The van der Waals surface area contributed by atoms with Gasteiger partial charge in [0.05, 0.1) is 13.2 Å². The standard InChI is InChI=1S/C10H13NO2/c11-9-3-4-13-10-5-7(6-12)1-2-8(9)10/h1-2,5,9,12H,3-4,6,11H2. The van der Waals surface area contributed by atoms with Crippen LogP contribution in [0.25, 0.3) is 0 Å². The van der Waals surface area contributed by atoms with Gasteiger partial charge in [-0.25, -0.2) is 0 Å². The molecule has 0 saturated heterocycles. The zero-order chi connectivity index (χ0) is 9.26. The third-order valence-electron chi connectivity index (χ3n) is 2.35. The van der Waals surface area contributed by atoms with E-state index in [1.165, 1.54) is 0 Å². The highest BCUT2D eigenvalue weighted by Gasteiger charge is 2.17. The Morgan fingerprint density at radius 3 is 3.15 bits per heavy atom. The van der Waals surface area contributed by atoms with Crippen LogP contribution in [0, 0.1) is 0 Å². The van der Waals surface area contributed by atoms with E-state index in [1.54, 1.807) is 0 Å². The van der Waals surface area contributed by atoms with Gasteiger partial charge in [0.25, 0.3) is 0 Å². The molecule has 0 aromatic heterocycles. The second kappa shape index (κ2) is 3.36. The molecule has 1 aliphatic rings. The van der Waals surface area contributed by atoms with Gasteiger partial charge in [-0.3, -0.25) is 0 Å². The predicted octanol–water partition coefficient (Wildman–Crippen LogP) is 0.961. The Hall–Kier alpha value is -1.06. The largest absolute Gasteiger partial charge is 0.493 e. The van der Waals surface area contributed by atoms with Crippen molar-refractivity contribution >= 4 is 0 Å². The number of nitrogens with two attached hydrogens (primary N) is 1. The van der Waals surface area contributed by atoms with Crippen LogP contribution in [-0.4, -0.2) is 11.7 Å². The molecule has 2 rings (SSSR count). The molecule has 3 nitrogen and oxygen atoms in total. The molecule has 3 N–H and O–H groups in total. The minimum Gasteiger partial charge on any atom is -0.493 e. The van der Waals surface area contributed by atoms with Crippen molar-refractivity contribution in [1.82, 2.24) is 0 Å². The first-order valence-corrected chi connectivity index (χ1v) is 4.43. The molecule has 0 amide bonds. The Bertz CT molecular complexity index is 312. The van der Waals surface area contributed by atoms with Crippen molar-refractivity contribution in [2.75, 3.05) is 6.61 Å². The summed E-state index contributed by atoms with van der Waals surface area (Å²) in [4.78, 5) is 0. The quantitative estimate of drug-likeness (QED) is 0.675. The topological polar surface area (TPSA) is 55.5 Å². The fourth-order valence-electron chi connectivity index (χ4n) is 1.56. The van der Waals surface area contributed by atoms with Gasteiger partial charge in [-0.2, -0.15) is 0 Å². The molecule has 0 saturated carbocycles. The molecular weight excluding hydrogens is 166 g/mol. The van der Waals surface area contributed by atoms with Gasteiger partial charge in [0, 0.05) is 18.0 Å². The highest BCUT2D eigenvalue weighted by molar-refractivity contribution is 5.40. The number of ether oxygens (including phenoxy) is 1. The molecule has 0 bridgehead atoms. The van der Waals surface area contributed by atoms with Crippen LogP contribution in [-0.2, 0) is 6.61 Å². The van der Waals surface area contributed by atoms with E-state index in [4.69, 9.17) is 15.6 Å². The third kappa shape index (κ3) is 1.53. The van der Waals surface area contributed by atoms with Gasteiger partial charge in [-0.15, -0.1) is 0 Å². The van der Waals surface area contributed by atoms with Crippen LogP contribution in [0.4, 0.5) is 0 Å². The first kappa shape index (κ1) is 8.53. The molecule has 1 aliphatic heterocycles. The van der Waals surface area contributed by atoms with Crippen LogP contribution >= 0.6 is 0 Å². The van der Waals surface area contributed by atoms with E-state index in [0.29, 0.717) is 6.61 Å². The first-order valence-electron chi connectivity index (χ1n) is 4.43. The third-order valence-corrected chi connectivity index (χ3v) is 2.35. The van der Waals surface area contributed by atoms with Crippen LogP contribution in [0.1, 0.15) is 23.6 Å².